The lowest BCUT2D eigenvalue weighted by Gasteiger charge is -2.30. The molecular formula is C22H24F2N2O3. The molecule has 3 rings (SSSR count). The maximum Gasteiger partial charge on any atom is 0.234 e. The lowest BCUT2D eigenvalue weighted by molar-refractivity contribution is -0.122. The minimum Gasteiger partial charge on any atom is -0.508 e. The molecule has 29 heavy (non-hydrogen) atoms. The Balaban J connectivity index is 1.40. The summed E-state index contributed by atoms with van der Waals surface area (Å²) >= 11 is 0. The van der Waals surface area contributed by atoms with Gasteiger partial charge in [0.15, 0.2) is 5.78 Å². The summed E-state index contributed by atoms with van der Waals surface area (Å²) in [5, 5.41) is 12.0. The van der Waals surface area contributed by atoms with E-state index in [0.717, 1.165) is 0 Å². The van der Waals surface area contributed by atoms with Gasteiger partial charge in [-0.25, -0.2) is 8.78 Å². The van der Waals surface area contributed by atoms with E-state index in [2.05, 4.69) is 5.32 Å². The van der Waals surface area contributed by atoms with Crippen LogP contribution < -0.4 is 5.32 Å². The number of hydrogen-bond donors (Lipinski definition) is 2. The first-order valence-electron chi connectivity index (χ1n) is 9.69. The highest BCUT2D eigenvalue weighted by Crippen LogP contribution is 2.22. The number of aromatic hydroxyl groups is 1. The molecule has 0 spiro atoms. The highest BCUT2D eigenvalue weighted by molar-refractivity contribution is 5.98. The number of phenolic OH excluding ortho intramolecular Hbond substituents is 1. The first-order chi connectivity index (χ1) is 13.9. The number of amides is 1. The van der Waals surface area contributed by atoms with E-state index < -0.39 is 11.6 Å². The number of nitrogens with zero attached hydrogens (tertiary/aromatic N) is 1. The monoisotopic (exact) mass is 402 g/mol. The SMILES string of the molecule is O=C(CN1CCC(C(=O)c2ccc(O)cc2)CC1)NCCc1c(F)cccc1F. The molecule has 0 aliphatic carbocycles. The van der Waals surface area contributed by atoms with E-state index in [1.807, 2.05) is 4.90 Å². The maximum absolute atomic E-state index is 13.6. The fourth-order valence-corrected chi connectivity index (χ4v) is 3.57. The van der Waals surface area contributed by atoms with Gasteiger partial charge in [-0.3, -0.25) is 14.5 Å². The zero-order valence-corrected chi connectivity index (χ0v) is 16.0. The minimum atomic E-state index is -0.611. The van der Waals surface area contributed by atoms with E-state index in [-0.39, 0.29) is 48.4 Å². The predicted octanol–water partition coefficient (Wildman–Crippen LogP) is 2.92. The van der Waals surface area contributed by atoms with Crippen LogP contribution in [-0.4, -0.2) is 47.9 Å². The van der Waals surface area contributed by atoms with E-state index >= 15 is 0 Å². The lowest BCUT2D eigenvalue weighted by Crippen LogP contribution is -2.43. The molecule has 0 unspecified atom stereocenters. The number of halogens is 2. The smallest absolute Gasteiger partial charge is 0.234 e. The average Bonchev–Trinajstić information content (AvgIpc) is 2.71. The standard InChI is InChI=1S/C22H24F2N2O3/c23-19-2-1-3-20(24)18(19)8-11-25-21(28)14-26-12-9-16(10-13-26)22(29)15-4-6-17(27)7-5-15/h1-7,16,27H,8-14H2,(H,25,28). The summed E-state index contributed by atoms with van der Waals surface area (Å²) in [6.45, 7) is 1.61. The lowest BCUT2D eigenvalue weighted by atomic mass is 9.89. The van der Waals surface area contributed by atoms with Crippen LogP contribution >= 0.6 is 0 Å². The van der Waals surface area contributed by atoms with E-state index in [1.54, 1.807) is 12.1 Å². The van der Waals surface area contributed by atoms with Crippen molar-refractivity contribution in [2.24, 2.45) is 5.92 Å². The van der Waals surface area contributed by atoms with Crippen molar-refractivity contribution in [2.75, 3.05) is 26.2 Å². The molecule has 2 aromatic carbocycles. The molecule has 7 heteroatoms. The van der Waals surface area contributed by atoms with Crippen molar-refractivity contribution in [3.05, 3.63) is 65.2 Å². The molecule has 0 saturated carbocycles. The quantitative estimate of drug-likeness (QED) is 0.699. The first-order valence-corrected chi connectivity index (χ1v) is 9.69. The van der Waals surface area contributed by atoms with Crippen LogP contribution in [0.2, 0.25) is 0 Å². The second-order valence-electron chi connectivity index (χ2n) is 7.26. The van der Waals surface area contributed by atoms with Gasteiger partial charge < -0.3 is 10.4 Å². The Morgan fingerprint density at radius 1 is 1.03 bits per heavy atom. The number of phenols is 1. The Morgan fingerprint density at radius 3 is 2.28 bits per heavy atom. The van der Waals surface area contributed by atoms with Crippen molar-refractivity contribution >= 4 is 11.7 Å². The number of nitrogens with one attached hydrogen (secondary N) is 1. The predicted molar refractivity (Wildman–Crippen MR) is 105 cm³/mol. The van der Waals surface area contributed by atoms with Crippen LogP contribution in [-0.2, 0) is 11.2 Å². The Labute approximate surface area is 168 Å². The van der Waals surface area contributed by atoms with Crippen molar-refractivity contribution in [1.82, 2.24) is 10.2 Å². The second kappa shape index (κ2) is 9.60. The molecule has 154 valence electrons. The first kappa shape index (κ1) is 20.9. The van der Waals surface area contributed by atoms with Gasteiger partial charge in [0.2, 0.25) is 5.91 Å². The van der Waals surface area contributed by atoms with Gasteiger partial charge >= 0.3 is 0 Å². The average molecular weight is 402 g/mol. The summed E-state index contributed by atoms with van der Waals surface area (Å²) in [7, 11) is 0. The maximum atomic E-state index is 13.6. The summed E-state index contributed by atoms with van der Waals surface area (Å²) < 4.78 is 27.2. The van der Waals surface area contributed by atoms with E-state index in [4.69, 9.17) is 0 Å². The normalized spacial score (nSPS) is 15.2. The molecule has 5 nitrogen and oxygen atoms in total. The molecule has 1 fully saturated rings. The number of carbonyl (C=O) groups is 2. The van der Waals surface area contributed by atoms with E-state index in [1.165, 1.54) is 30.3 Å². The molecule has 1 heterocycles. The van der Waals surface area contributed by atoms with Crippen molar-refractivity contribution < 1.29 is 23.5 Å². The van der Waals surface area contributed by atoms with Crippen LogP contribution in [0, 0.1) is 17.6 Å². The molecule has 2 N–H and O–H groups in total. The second-order valence-corrected chi connectivity index (χ2v) is 7.26. The summed E-state index contributed by atoms with van der Waals surface area (Å²) in [4.78, 5) is 26.6. The number of rotatable bonds is 7. The van der Waals surface area contributed by atoms with E-state index in [9.17, 15) is 23.5 Å². The van der Waals surface area contributed by atoms with Crippen LogP contribution in [0.1, 0.15) is 28.8 Å². The van der Waals surface area contributed by atoms with Crippen molar-refractivity contribution in [3.8, 4) is 5.75 Å². The van der Waals surface area contributed by atoms with Gasteiger partial charge in [0, 0.05) is 23.6 Å². The van der Waals surface area contributed by atoms with Crippen LogP contribution in [0.4, 0.5) is 8.78 Å². The van der Waals surface area contributed by atoms with Crippen LogP contribution in [0.5, 0.6) is 5.75 Å². The van der Waals surface area contributed by atoms with Crippen LogP contribution in [0.15, 0.2) is 42.5 Å². The molecule has 0 atom stereocenters. The molecule has 1 amide bonds. The summed E-state index contributed by atoms with van der Waals surface area (Å²) in [5.74, 6) is -1.34. The van der Waals surface area contributed by atoms with Crippen molar-refractivity contribution in [2.45, 2.75) is 19.3 Å². The van der Waals surface area contributed by atoms with Gasteiger partial charge in [-0.2, -0.15) is 0 Å². The number of ketones is 1. The van der Waals surface area contributed by atoms with E-state index in [0.29, 0.717) is 31.5 Å². The molecule has 0 radical (unpaired) electrons. The number of likely N-dealkylation sites (tertiary alicyclic amines) is 1. The van der Waals surface area contributed by atoms with Crippen molar-refractivity contribution in [3.63, 3.8) is 0 Å². The zero-order valence-electron chi connectivity index (χ0n) is 16.0. The molecule has 0 aromatic heterocycles. The van der Waals surface area contributed by atoms with Gasteiger partial charge in [0.1, 0.15) is 17.4 Å². The molecule has 1 saturated heterocycles. The number of Topliss-reactive ketones (excluding diaryl/α,β-unsaturated/α-hetero) is 1. The Hall–Kier alpha value is -2.80. The Morgan fingerprint density at radius 2 is 1.66 bits per heavy atom. The van der Waals surface area contributed by atoms with Crippen molar-refractivity contribution in [1.29, 1.82) is 0 Å². The number of benzene rings is 2. The van der Waals surface area contributed by atoms with Gasteiger partial charge in [-0.15, -0.1) is 0 Å². The molecule has 1 aliphatic heterocycles. The summed E-state index contributed by atoms with van der Waals surface area (Å²) in [6, 6.07) is 9.95. The minimum absolute atomic E-state index is 0.0265. The van der Waals surface area contributed by atoms with Crippen LogP contribution in [0.3, 0.4) is 0 Å². The Bertz CT molecular complexity index is 843. The number of hydrogen-bond acceptors (Lipinski definition) is 4. The van der Waals surface area contributed by atoms with Gasteiger partial charge in [-0.05, 0) is 68.8 Å². The number of piperidine rings is 1. The molecule has 1 aliphatic rings. The summed E-state index contributed by atoms with van der Waals surface area (Å²) in [6.07, 6.45) is 1.41. The van der Waals surface area contributed by atoms with Gasteiger partial charge in [0.05, 0.1) is 6.54 Å². The molecule has 2 aromatic rings. The highest BCUT2D eigenvalue weighted by atomic mass is 19.1. The fraction of sp³-hybridized carbons (Fsp3) is 0.364. The van der Waals surface area contributed by atoms with Crippen LogP contribution in [0.25, 0.3) is 0 Å². The van der Waals surface area contributed by atoms with Gasteiger partial charge in [0.25, 0.3) is 0 Å². The largest absolute Gasteiger partial charge is 0.508 e. The highest BCUT2D eigenvalue weighted by Gasteiger charge is 2.26. The third-order valence-corrected chi connectivity index (χ3v) is 5.24. The Kier molecular flexibility index (Phi) is 6.93. The summed E-state index contributed by atoms with van der Waals surface area (Å²) in [5.41, 5.74) is 0.556. The fourth-order valence-electron chi connectivity index (χ4n) is 3.57. The topological polar surface area (TPSA) is 69.6 Å². The molecular weight excluding hydrogens is 378 g/mol. The zero-order chi connectivity index (χ0) is 20.8. The van der Waals surface area contributed by atoms with Gasteiger partial charge in [-0.1, -0.05) is 6.07 Å². The molecule has 0 bridgehead atoms. The third-order valence-electron chi connectivity index (χ3n) is 5.24. The number of carbonyl (C=O) groups excluding carboxylic acids is 2. The third kappa shape index (κ3) is 5.60.